The van der Waals surface area contributed by atoms with Crippen LogP contribution < -0.4 is 21.5 Å². The van der Waals surface area contributed by atoms with Gasteiger partial charge in [-0.1, -0.05) is 0 Å². The molecule has 0 aliphatic carbocycles. The Morgan fingerprint density at radius 3 is 2.62 bits per heavy atom. The van der Waals surface area contributed by atoms with Crippen molar-refractivity contribution in [3.63, 3.8) is 0 Å². The summed E-state index contributed by atoms with van der Waals surface area (Å²) >= 11 is 0. The van der Waals surface area contributed by atoms with Crippen LogP contribution in [0.3, 0.4) is 0 Å². The van der Waals surface area contributed by atoms with Crippen molar-refractivity contribution >= 4 is 11.6 Å². The highest BCUT2D eigenvalue weighted by Crippen LogP contribution is 2.16. The molecular formula is C17H20FN5O3. The van der Waals surface area contributed by atoms with Crippen molar-refractivity contribution in [3.8, 4) is 0 Å². The fraction of sp³-hybridized carbons (Fsp3) is 0.412. The maximum absolute atomic E-state index is 13.6. The Bertz CT molecular complexity index is 944. The normalized spacial score (nSPS) is 15.1. The minimum Gasteiger partial charge on any atom is -0.366 e. The van der Waals surface area contributed by atoms with Gasteiger partial charge in [-0.15, -0.1) is 0 Å². The first-order valence-electron chi connectivity index (χ1n) is 8.30. The van der Waals surface area contributed by atoms with E-state index in [1.54, 1.807) is 7.05 Å². The fourth-order valence-electron chi connectivity index (χ4n) is 3.09. The average molecular weight is 361 g/mol. The molecule has 3 heterocycles. The number of piperidine rings is 1. The summed E-state index contributed by atoms with van der Waals surface area (Å²) in [5.41, 5.74) is -0.288. The van der Waals surface area contributed by atoms with E-state index in [1.807, 2.05) is 4.90 Å². The largest absolute Gasteiger partial charge is 0.366 e. The van der Waals surface area contributed by atoms with Crippen LogP contribution in [-0.2, 0) is 14.1 Å². The van der Waals surface area contributed by atoms with E-state index >= 15 is 0 Å². The van der Waals surface area contributed by atoms with Gasteiger partial charge < -0.3 is 14.8 Å². The first-order chi connectivity index (χ1) is 12.4. The van der Waals surface area contributed by atoms with Gasteiger partial charge in [0.05, 0.1) is 11.8 Å². The summed E-state index contributed by atoms with van der Waals surface area (Å²) in [6, 6.07) is 1.23. The van der Waals surface area contributed by atoms with Gasteiger partial charge in [0.25, 0.3) is 11.5 Å². The van der Waals surface area contributed by atoms with E-state index in [0.29, 0.717) is 31.6 Å². The number of amides is 1. The molecule has 0 aromatic carbocycles. The zero-order valence-corrected chi connectivity index (χ0v) is 14.6. The number of anilines is 1. The van der Waals surface area contributed by atoms with Crippen molar-refractivity contribution < 1.29 is 9.18 Å². The monoisotopic (exact) mass is 361 g/mol. The van der Waals surface area contributed by atoms with Gasteiger partial charge in [0, 0.05) is 45.6 Å². The fourth-order valence-corrected chi connectivity index (χ4v) is 3.09. The third-order valence-electron chi connectivity index (χ3n) is 4.62. The lowest BCUT2D eigenvalue weighted by Gasteiger charge is -2.33. The van der Waals surface area contributed by atoms with Crippen LogP contribution in [0, 0.1) is 5.82 Å². The molecule has 0 unspecified atom stereocenters. The highest BCUT2D eigenvalue weighted by Gasteiger charge is 2.24. The second-order valence-corrected chi connectivity index (χ2v) is 6.36. The van der Waals surface area contributed by atoms with Crippen molar-refractivity contribution in [3.05, 3.63) is 56.9 Å². The maximum Gasteiger partial charge on any atom is 0.330 e. The van der Waals surface area contributed by atoms with E-state index in [4.69, 9.17) is 0 Å². The van der Waals surface area contributed by atoms with Crippen LogP contribution in [0.2, 0.25) is 0 Å². The minimum absolute atomic E-state index is 0.0330. The number of pyridine rings is 1. The van der Waals surface area contributed by atoms with Gasteiger partial charge in [0.1, 0.15) is 5.69 Å². The second kappa shape index (κ2) is 7.11. The molecular weight excluding hydrogens is 341 g/mol. The minimum atomic E-state index is -0.656. The zero-order valence-electron chi connectivity index (χ0n) is 14.6. The van der Waals surface area contributed by atoms with Gasteiger partial charge in [-0.2, -0.15) is 0 Å². The SMILES string of the molecule is Cn1cc(N2CCC(NC(=O)c3ccncc3F)CC2)c(=O)n(C)c1=O. The molecule has 1 fully saturated rings. The summed E-state index contributed by atoms with van der Waals surface area (Å²) in [6.07, 6.45) is 5.15. The quantitative estimate of drug-likeness (QED) is 0.832. The van der Waals surface area contributed by atoms with E-state index in [-0.39, 0.29) is 22.9 Å². The number of hydrogen-bond donors (Lipinski definition) is 1. The average Bonchev–Trinajstić information content (AvgIpc) is 2.64. The van der Waals surface area contributed by atoms with Gasteiger partial charge in [0.15, 0.2) is 5.82 Å². The molecule has 0 spiro atoms. The lowest BCUT2D eigenvalue weighted by atomic mass is 10.0. The molecule has 2 aromatic heterocycles. The first-order valence-corrected chi connectivity index (χ1v) is 8.30. The third kappa shape index (κ3) is 3.37. The van der Waals surface area contributed by atoms with Gasteiger partial charge in [-0.25, -0.2) is 9.18 Å². The smallest absolute Gasteiger partial charge is 0.330 e. The van der Waals surface area contributed by atoms with Crippen LogP contribution in [0.1, 0.15) is 23.2 Å². The number of halogens is 1. The van der Waals surface area contributed by atoms with Crippen LogP contribution in [0.4, 0.5) is 10.1 Å². The molecule has 0 saturated carbocycles. The molecule has 26 heavy (non-hydrogen) atoms. The topological polar surface area (TPSA) is 89.2 Å². The van der Waals surface area contributed by atoms with Gasteiger partial charge >= 0.3 is 5.69 Å². The number of aryl methyl sites for hydroxylation is 1. The summed E-state index contributed by atoms with van der Waals surface area (Å²) in [6.45, 7) is 1.11. The van der Waals surface area contributed by atoms with Crippen LogP contribution in [0.25, 0.3) is 0 Å². The molecule has 0 atom stereocenters. The molecule has 0 radical (unpaired) electrons. The van der Waals surface area contributed by atoms with Gasteiger partial charge in [-0.3, -0.25) is 19.1 Å². The molecule has 9 heteroatoms. The molecule has 1 aliphatic rings. The molecule has 1 aliphatic heterocycles. The van der Waals surface area contributed by atoms with Crippen LogP contribution >= 0.6 is 0 Å². The van der Waals surface area contributed by atoms with Crippen molar-refractivity contribution in [2.24, 2.45) is 14.1 Å². The van der Waals surface area contributed by atoms with Crippen molar-refractivity contribution in [2.45, 2.75) is 18.9 Å². The highest BCUT2D eigenvalue weighted by molar-refractivity contribution is 5.94. The number of carbonyl (C=O) groups excluding carboxylic acids is 1. The summed E-state index contributed by atoms with van der Waals surface area (Å²) in [7, 11) is 3.05. The van der Waals surface area contributed by atoms with E-state index < -0.39 is 11.7 Å². The van der Waals surface area contributed by atoms with Crippen molar-refractivity contribution in [1.29, 1.82) is 0 Å². The van der Waals surface area contributed by atoms with Gasteiger partial charge in [0.2, 0.25) is 0 Å². The van der Waals surface area contributed by atoms with Crippen molar-refractivity contribution in [1.82, 2.24) is 19.4 Å². The Hall–Kier alpha value is -2.97. The predicted molar refractivity (Wildman–Crippen MR) is 93.8 cm³/mol. The number of rotatable bonds is 3. The Kier molecular flexibility index (Phi) is 4.88. The lowest BCUT2D eigenvalue weighted by molar-refractivity contribution is 0.0927. The molecule has 2 aromatic rings. The molecule has 138 valence electrons. The Labute approximate surface area is 148 Å². The number of nitrogens with zero attached hydrogens (tertiary/aromatic N) is 4. The molecule has 1 saturated heterocycles. The number of aromatic nitrogens is 3. The van der Waals surface area contributed by atoms with E-state index in [9.17, 15) is 18.8 Å². The number of hydrogen-bond acceptors (Lipinski definition) is 5. The van der Waals surface area contributed by atoms with E-state index in [1.165, 1.54) is 30.1 Å². The van der Waals surface area contributed by atoms with Crippen LogP contribution in [0.5, 0.6) is 0 Å². The summed E-state index contributed by atoms with van der Waals surface area (Å²) in [5, 5.41) is 2.82. The predicted octanol–water partition coefficient (Wildman–Crippen LogP) is 0.0169. The van der Waals surface area contributed by atoms with E-state index in [2.05, 4.69) is 10.3 Å². The number of carbonyl (C=O) groups is 1. The third-order valence-corrected chi connectivity index (χ3v) is 4.62. The van der Waals surface area contributed by atoms with Crippen LogP contribution in [0.15, 0.2) is 34.2 Å². The molecule has 1 N–H and O–H groups in total. The molecule has 3 rings (SSSR count). The van der Waals surface area contributed by atoms with E-state index in [0.717, 1.165) is 10.8 Å². The Balaban J connectivity index is 1.67. The maximum atomic E-state index is 13.6. The summed E-state index contributed by atoms with van der Waals surface area (Å²) < 4.78 is 16.1. The summed E-state index contributed by atoms with van der Waals surface area (Å²) in [5.74, 6) is -1.13. The van der Waals surface area contributed by atoms with Crippen molar-refractivity contribution in [2.75, 3.05) is 18.0 Å². The summed E-state index contributed by atoms with van der Waals surface area (Å²) in [4.78, 5) is 41.8. The number of nitrogens with one attached hydrogen (secondary N) is 1. The lowest BCUT2D eigenvalue weighted by Crippen LogP contribution is -2.48. The Morgan fingerprint density at radius 1 is 1.27 bits per heavy atom. The highest BCUT2D eigenvalue weighted by atomic mass is 19.1. The van der Waals surface area contributed by atoms with Gasteiger partial charge in [-0.05, 0) is 18.9 Å². The zero-order chi connectivity index (χ0) is 18.8. The van der Waals surface area contributed by atoms with Crippen LogP contribution in [-0.4, -0.2) is 39.2 Å². The molecule has 0 bridgehead atoms. The standard InChI is InChI=1S/C17H20FN5O3/c1-21-10-14(16(25)22(2)17(21)26)23-7-4-11(5-8-23)20-15(24)12-3-6-19-9-13(12)18/h3,6,9-11H,4-5,7-8H2,1-2H3,(H,20,24). The Morgan fingerprint density at radius 2 is 1.96 bits per heavy atom. The molecule has 8 nitrogen and oxygen atoms in total. The molecule has 1 amide bonds. The first kappa shape index (κ1) is 17.8. The second-order valence-electron chi connectivity index (χ2n) is 6.36.